The van der Waals surface area contributed by atoms with Crippen LogP contribution in [-0.2, 0) is 32.9 Å². The molecule has 0 spiro atoms. The summed E-state index contributed by atoms with van der Waals surface area (Å²) in [6, 6.07) is -2.04. The third kappa shape index (κ3) is 10.3. The van der Waals surface area contributed by atoms with Crippen molar-refractivity contribution in [1.29, 1.82) is 0 Å². The summed E-state index contributed by atoms with van der Waals surface area (Å²) in [6.45, 7) is 7.13. The van der Waals surface area contributed by atoms with Gasteiger partial charge >= 0.3 is 19.6 Å². The fourth-order valence-electron chi connectivity index (χ4n) is 3.96. The molecule has 1 unspecified atom stereocenters. The van der Waals surface area contributed by atoms with Crippen LogP contribution >= 0.6 is 19.3 Å². The Morgan fingerprint density at radius 3 is 2.10 bits per heavy atom. The van der Waals surface area contributed by atoms with Gasteiger partial charge in [0, 0.05) is 13.3 Å². The molecule has 2 aromatic heterocycles. The van der Waals surface area contributed by atoms with Gasteiger partial charge in [0.1, 0.15) is 30.6 Å². The third-order valence-corrected chi connectivity index (χ3v) is 7.99. The zero-order valence-electron chi connectivity index (χ0n) is 24.8. The van der Waals surface area contributed by atoms with Gasteiger partial charge in [-0.15, -0.1) is 0 Å². The molecular formula is C25H41ClN7O8P. The van der Waals surface area contributed by atoms with E-state index in [9.17, 15) is 19.3 Å². The number of carbonyl (C=O) groups is 2. The predicted octanol–water partition coefficient (Wildman–Crippen LogP) is 2.39. The van der Waals surface area contributed by atoms with Gasteiger partial charge in [-0.2, -0.15) is 9.97 Å². The minimum Gasteiger partial charge on any atom is -0.468 e. The van der Waals surface area contributed by atoms with E-state index in [1.54, 1.807) is 0 Å². The lowest BCUT2D eigenvalue weighted by Gasteiger charge is -2.30. The van der Waals surface area contributed by atoms with Crippen molar-refractivity contribution in [2.24, 2.45) is 11.8 Å². The van der Waals surface area contributed by atoms with E-state index < -0.39 is 50.5 Å². The quantitative estimate of drug-likeness (QED) is 0.112. The van der Waals surface area contributed by atoms with E-state index >= 15 is 0 Å². The number of esters is 2. The number of aliphatic hydroxyl groups is 1. The van der Waals surface area contributed by atoms with E-state index in [1.807, 2.05) is 27.7 Å². The third-order valence-electron chi connectivity index (χ3n) is 6.01. The first-order chi connectivity index (χ1) is 19.7. The van der Waals surface area contributed by atoms with Crippen molar-refractivity contribution in [3.8, 4) is 0 Å². The lowest BCUT2D eigenvalue weighted by molar-refractivity contribution is -0.143. The Bertz CT molecular complexity index is 1240. The van der Waals surface area contributed by atoms with Gasteiger partial charge in [-0.05, 0) is 42.4 Å². The van der Waals surface area contributed by atoms with Gasteiger partial charge in [0.2, 0.25) is 5.28 Å². The van der Waals surface area contributed by atoms with Crippen molar-refractivity contribution in [2.45, 2.75) is 64.8 Å². The Hall–Kier alpha value is -2.65. The second-order valence-electron chi connectivity index (χ2n) is 10.3. The van der Waals surface area contributed by atoms with E-state index in [1.165, 1.54) is 44.5 Å². The van der Waals surface area contributed by atoms with Crippen LogP contribution in [0.5, 0.6) is 0 Å². The normalized spacial score (nSPS) is 15.3. The van der Waals surface area contributed by atoms with Crippen molar-refractivity contribution in [2.75, 3.05) is 33.7 Å². The molecule has 0 aliphatic heterocycles. The zero-order chi connectivity index (χ0) is 31.6. The molecule has 2 aromatic rings. The highest BCUT2D eigenvalue weighted by atomic mass is 35.5. The van der Waals surface area contributed by atoms with Gasteiger partial charge in [0.25, 0.3) is 0 Å². The number of ether oxygens (including phenoxy) is 3. The van der Waals surface area contributed by atoms with Crippen molar-refractivity contribution in [1.82, 2.24) is 29.7 Å². The van der Waals surface area contributed by atoms with E-state index in [0.29, 0.717) is 11.2 Å². The maximum absolute atomic E-state index is 14.2. The molecule has 4 atom stereocenters. The van der Waals surface area contributed by atoms with Crippen LogP contribution < -0.4 is 15.9 Å². The number of nitrogens with one attached hydrogen (secondary N) is 2. The number of nitrogens with two attached hydrogens (primary N) is 1. The van der Waals surface area contributed by atoms with E-state index in [-0.39, 0.29) is 35.8 Å². The van der Waals surface area contributed by atoms with Crippen LogP contribution in [0.1, 0.15) is 40.5 Å². The van der Waals surface area contributed by atoms with Crippen LogP contribution in [-0.4, -0.2) is 88.8 Å². The molecule has 0 saturated carbocycles. The largest absolute Gasteiger partial charge is 0.468 e. The van der Waals surface area contributed by atoms with Crippen molar-refractivity contribution in [3.63, 3.8) is 0 Å². The van der Waals surface area contributed by atoms with Crippen molar-refractivity contribution >= 4 is 54.4 Å². The summed E-state index contributed by atoms with van der Waals surface area (Å²) in [5.41, 5.74) is 6.48. The SMILES string of the molecule is COC(=O)[C@H](CC(C)C)NP(=O)(N[C@@H](CC(C)C)C(=O)OC)OCC(OC)[C@H](O)/C=C/n1cnc2c(N)nc(Cl)nc21. The maximum Gasteiger partial charge on any atom is 0.342 e. The molecule has 17 heteroatoms. The second-order valence-corrected chi connectivity index (χ2v) is 12.5. The molecule has 15 nitrogen and oxygen atoms in total. The number of aromatic nitrogens is 4. The lowest BCUT2D eigenvalue weighted by Crippen LogP contribution is -2.46. The number of imidazole rings is 1. The highest BCUT2D eigenvalue weighted by Crippen LogP contribution is 2.41. The monoisotopic (exact) mass is 633 g/mol. The van der Waals surface area contributed by atoms with Crippen LogP contribution in [0.15, 0.2) is 12.4 Å². The Balaban J connectivity index is 2.31. The summed E-state index contributed by atoms with van der Waals surface area (Å²) in [4.78, 5) is 37.2. The number of anilines is 1. The second kappa shape index (κ2) is 16.3. The first-order valence-electron chi connectivity index (χ1n) is 13.2. The highest BCUT2D eigenvalue weighted by Gasteiger charge is 2.37. The number of nitrogens with zero attached hydrogens (tertiary/aromatic N) is 4. The fraction of sp³-hybridized carbons (Fsp3) is 0.640. The Morgan fingerprint density at radius 2 is 1.62 bits per heavy atom. The topological polar surface area (TPSA) is 202 Å². The highest BCUT2D eigenvalue weighted by molar-refractivity contribution is 7.54. The van der Waals surface area contributed by atoms with Crippen LogP contribution in [0.2, 0.25) is 5.28 Å². The number of hydrogen-bond acceptors (Lipinski definition) is 12. The number of rotatable bonds is 17. The molecule has 5 N–H and O–H groups in total. The summed E-state index contributed by atoms with van der Waals surface area (Å²) in [7, 11) is -0.404. The van der Waals surface area contributed by atoms with E-state index in [2.05, 4.69) is 25.1 Å². The average molecular weight is 634 g/mol. The zero-order valence-corrected chi connectivity index (χ0v) is 26.5. The Labute approximate surface area is 250 Å². The molecule has 0 bridgehead atoms. The number of fused-ring (bicyclic) bond motifs is 1. The molecule has 0 aromatic carbocycles. The van der Waals surface area contributed by atoms with Gasteiger partial charge in [0.15, 0.2) is 17.0 Å². The molecule has 42 heavy (non-hydrogen) atoms. The Morgan fingerprint density at radius 1 is 1.07 bits per heavy atom. The number of hydrogen-bond donors (Lipinski definition) is 4. The molecule has 0 aliphatic rings. The van der Waals surface area contributed by atoms with Crippen molar-refractivity contribution in [3.05, 3.63) is 17.7 Å². The molecule has 2 rings (SSSR count). The summed E-state index contributed by atoms with van der Waals surface area (Å²) in [6.07, 6.45) is 2.50. The summed E-state index contributed by atoms with van der Waals surface area (Å²) < 4.78 is 36.6. The van der Waals surface area contributed by atoms with Gasteiger partial charge in [0.05, 0.1) is 20.8 Å². The van der Waals surface area contributed by atoms with Gasteiger partial charge in [-0.25, -0.2) is 15.2 Å². The molecule has 236 valence electrons. The fourth-order valence-corrected chi connectivity index (χ4v) is 5.96. The predicted molar refractivity (Wildman–Crippen MR) is 157 cm³/mol. The number of methoxy groups -OCH3 is 3. The molecule has 0 radical (unpaired) electrons. The molecular weight excluding hydrogens is 593 g/mol. The number of halogens is 1. The molecule has 2 heterocycles. The van der Waals surface area contributed by atoms with Gasteiger partial charge in [-0.3, -0.25) is 18.7 Å². The van der Waals surface area contributed by atoms with Crippen LogP contribution in [0.25, 0.3) is 17.4 Å². The number of carbonyl (C=O) groups excluding carboxylic acids is 2. The molecule has 0 fully saturated rings. The standard InChI is InChI=1S/C25H41ClN7O8P/c1-14(2)10-16(23(35)39-6)31-42(37,32-17(11-15(3)4)24(36)40-7)41-12-19(38-5)18(34)8-9-33-13-28-20-21(27)29-25(26)30-22(20)33/h8-9,13-19,34H,10-12H2,1-7H3,(H2,27,29,30)(H2,31,32,37)/b9-8+/t16-,17-,18+,19?/m0/s1. The van der Waals surface area contributed by atoms with E-state index in [0.717, 1.165) is 0 Å². The minimum atomic E-state index is -4.17. The average Bonchev–Trinajstić information content (AvgIpc) is 3.33. The van der Waals surface area contributed by atoms with Crippen molar-refractivity contribution < 1.29 is 38.0 Å². The summed E-state index contributed by atoms with van der Waals surface area (Å²) >= 11 is 5.91. The number of aliphatic hydroxyl groups excluding tert-OH is 1. The summed E-state index contributed by atoms with van der Waals surface area (Å²) in [5, 5.41) is 16.2. The molecule has 0 aliphatic carbocycles. The smallest absolute Gasteiger partial charge is 0.342 e. The lowest BCUT2D eigenvalue weighted by atomic mass is 10.1. The minimum absolute atomic E-state index is 0.0237. The Kier molecular flexibility index (Phi) is 13.8. The first kappa shape index (κ1) is 35.5. The summed E-state index contributed by atoms with van der Waals surface area (Å²) in [5.74, 6) is -1.17. The maximum atomic E-state index is 14.2. The number of nitrogen functional groups attached to an aromatic ring is 1. The van der Waals surface area contributed by atoms with Gasteiger partial charge in [-0.1, -0.05) is 27.7 Å². The van der Waals surface area contributed by atoms with Crippen LogP contribution in [0.3, 0.4) is 0 Å². The first-order valence-corrected chi connectivity index (χ1v) is 15.2. The van der Waals surface area contributed by atoms with Crippen LogP contribution in [0, 0.1) is 11.8 Å². The molecule has 0 amide bonds. The van der Waals surface area contributed by atoms with Crippen LogP contribution in [0.4, 0.5) is 5.82 Å². The van der Waals surface area contributed by atoms with E-state index in [4.69, 9.17) is 36.1 Å². The molecule has 0 saturated heterocycles. The van der Waals surface area contributed by atoms with Gasteiger partial charge < -0.3 is 29.6 Å².